The lowest BCUT2D eigenvalue weighted by molar-refractivity contribution is 0.163. The van der Waals surface area contributed by atoms with Crippen molar-refractivity contribution in [2.24, 2.45) is 0 Å². The maximum absolute atomic E-state index is 10.00. The summed E-state index contributed by atoms with van der Waals surface area (Å²) >= 11 is 0. The van der Waals surface area contributed by atoms with Gasteiger partial charge in [0.15, 0.2) is 0 Å². The Morgan fingerprint density at radius 3 is 2.56 bits per heavy atom. The number of aliphatic hydroxyl groups excluding tert-OH is 1. The summed E-state index contributed by atoms with van der Waals surface area (Å²) in [6.45, 7) is 0. The average Bonchev–Trinajstić information content (AvgIpc) is 2.46. The Bertz CT molecular complexity index is 468. The Morgan fingerprint density at radius 2 is 1.94 bits per heavy atom. The van der Waals surface area contributed by atoms with Gasteiger partial charge in [0.1, 0.15) is 5.75 Å². The average molecular weight is 243 g/mol. The molecule has 3 nitrogen and oxygen atoms in total. The molecular weight excluding hydrogens is 226 g/mol. The zero-order valence-corrected chi connectivity index (χ0v) is 10.4. The standard InChI is InChI=1S/C15H17NO2/c1-18-13-8-5-12(6-9-13)7-10-15(17)14-4-2-3-11-16-14/h2-6,8-9,11,15,17H,7,10H2,1H3/t15-/m0/s1. The first-order valence-corrected chi connectivity index (χ1v) is 6.01. The van der Waals surface area contributed by atoms with E-state index >= 15 is 0 Å². The first kappa shape index (κ1) is 12.6. The smallest absolute Gasteiger partial charge is 0.118 e. The molecule has 0 aliphatic carbocycles. The third kappa shape index (κ3) is 3.31. The van der Waals surface area contributed by atoms with Crippen LogP contribution >= 0.6 is 0 Å². The molecule has 0 spiro atoms. The molecule has 0 bridgehead atoms. The number of hydrogen-bond acceptors (Lipinski definition) is 3. The lowest BCUT2D eigenvalue weighted by Crippen LogP contribution is -2.01. The summed E-state index contributed by atoms with van der Waals surface area (Å²) in [4.78, 5) is 4.15. The number of methoxy groups -OCH3 is 1. The molecule has 0 aliphatic rings. The fourth-order valence-corrected chi connectivity index (χ4v) is 1.82. The van der Waals surface area contributed by atoms with Crippen molar-refractivity contribution in [3.63, 3.8) is 0 Å². The SMILES string of the molecule is COc1ccc(CC[C@H](O)c2ccccn2)cc1. The van der Waals surface area contributed by atoms with Gasteiger partial charge in [0.2, 0.25) is 0 Å². The van der Waals surface area contributed by atoms with Gasteiger partial charge in [-0.1, -0.05) is 18.2 Å². The number of aromatic nitrogens is 1. The largest absolute Gasteiger partial charge is 0.497 e. The third-order valence-corrected chi connectivity index (χ3v) is 2.89. The summed E-state index contributed by atoms with van der Waals surface area (Å²) in [5.41, 5.74) is 1.91. The topological polar surface area (TPSA) is 42.4 Å². The van der Waals surface area contributed by atoms with Gasteiger partial charge in [-0.05, 0) is 42.7 Å². The highest BCUT2D eigenvalue weighted by molar-refractivity contribution is 5.27. The second-order valence-corrected chi connectivity index (χ2v) is 4.16. The molecule has 0 saturated heterocycles. The second-order valence-electron chi connectivity index (χ2n) is 4.16. The van der Waals surface area contributed by atoms with Crippen LogP contribution in [-0.2, 0) is 6.42 Å². The second kappa shape index (κ2) is 6.17. The highest BCUT2D eigenvalue weighted by Gasteiger charge is 2.08. The van der Waals surface area contributed by atoms with Gasteiger partial charge in [0.25, 0.3) is 0 Å². The van der Waals surface area contributed by atoms with Gasteiger partial charge in [-0.2, -0.15) is 0 Å². The van der Waals surface area contributed by atoms with E-state index in [2.05, 4.69) is 4.98 Å². The highest BCUT2D eigenvalue weighted by atomic mass is 16.5. The van der Waals surface area contributed by atoms with Gasteiger partial charge in [0.05, 0.1) is 18.9 Å². The van der Waals surface area contributed by atoms with E-state index < -0.39 is 6.10 Å². The number of benzene rings is 1. The van der Waals surface area contributed by atoms with Crippen molar-refractivity contribution >= 4 is 0 Å². The van der Waals surface area contributed by atoms with Crippen LogP contribution in [0.2, 0.25) is 0 Å². The van der Waals surface area contributed by atoms with E-state index in [0.29, 0.717) is 6.42 Å². The van der Waals surface area contributed by atoms with E-state index in [1.807, 2.05) is 42.5 Å². The number of pyridine rings is 1. The molecule has 2 rings (SSSR count). The summed E-state index contributed by atoms with van der Waals surface area (Å²) in [5, 5.41) is 10.00. The Morgan fingerprint density at radius 1 is 1.17 bits per heavy atom. The molecule has 0 saturated carbocycles. The number of rotatable bonds is 5. The Hall–Kier alpha value is -1.87. The van der Waals surface area contributed by atoms with Crippen LogP contribution in [0.15, 0.2) is 48.7 Å². The van der Waals surface area contributed by atoms with Crippen LogP contribution in [0.3, 0.4) is 0 Å². The number of aryl methyl sites for hydroxylation is 1. The van der Waals surface area contributed by atoms with E-state index in [1.54, 1.807) is 13.3 Å². The summed E-state index contributed by atoms with van der Waals surface area (Å²) < 4.78 is 5.10. The zero-order chi connectivity index (χ0) is 12.8. The van der Waals surface area contributed by atoms with Crippen LogP contribution in [0.5, 0.6) is 5.75 Å². The molecule has 1 aromatic heterocycles. The molecule has 0 fully saturated rings. The van der Waals surface area contributed by atoms with E-state index in [4.69, 9.17) is 4.74 Å². The van der Waals surface area contributed by atoms with Crippen molar-refractivity contribution < 1.29 is 9.84 Å². The van der Waals surface area contributed by atoms with Gasteiger partial charge in [-0.25, -0.2) is 0 Å². The molecule has 1 heterocycles. The number of hydrogen-bond donors (Lipinski definition) is 1. The molecular formula is C15H17NO2. The van der Waals surface area contributed by atoms with Gasteiger partial charge >= 0.3 is 0 Å². The van der Waals surface area contributed by atoms with Gasteiger partial charge in [-0.3, -0.25) is 4.98 Å². The van der Waals surface area contributed by atoms with Crippen LogP contribution in [0, 0.1) is 0 Å². The molecule has 18 heavy (non-hydrogen) atoms. The van der Waals surface area contributed by atoms with Crippen molar-refractivity contribution in [1.82, 2.24) is 4.98 Å². The van der Waals surface area contributed by atoms with Crippen LogP contribution in [-0.4, -0.2) is 17.2 Å². The monoisotopic (exact) mass is 243 g/mol. The highest BCUT2D eigenvalue weighted by Crippen LogP contribution is 2.18. The molecule has 3 heteroatoms. The van der Waals surface area contributed by atoms with Crippen molar-refractivity contribution in [2.45, 2.75) is 18.9 Å². The maximum Gasteiger partial charge on any atom is 0.118 e. The summed E-state index contributed by atoms with van der Waals surface area (Å²) in [6, 6.07) is 13.5. The maximum atomic E-state index is 10.00. The van der Waals surface area contributed by atoms with E-state index in [-0.39, 0.29) is 0 Å². The van der Waals surface area contributed by atoms with Crippen LogP contribution < -0.4 is 4.74 Å². The zero-order valence-electron chi connectivity index (χ0n) is 10.4. The molecule has 0 unspecified atom stereocenters. The van der Waals surface area contributed by atoms with E-state index in [0.717, 1.165) is 17.9 Å². The molecule has 0 amide bonds. The predicted molar refractivity (Wildman–Crippen MR) is 70.5 cm³/mol. The minimum absolute atomic E-state index is 0.506. The number of ether oxygens (including phenoxy) is 1. The van der Waals surface area contributed by atoms with Gasteiger partial charge in [-0.15, -0.1) is 0 Å². The molecule has 1 aromatic carbocycles. The van der Waals surface area contributed by atoms with E-state index in [1.165, 1.54) is 5.56 Å². The fraction of sp³-hybridized carbons (Fsp3) is 0.267. The minimum Gasteiger partial charge on any atom is -0.497 e. The van der Waals surface area contributed by atoms with Crippen LogP contribution in [0.1, 0.15) is 23.8 Å². The van der Waals surface area contributed by atoms with Gasteiger partial charge < -0.3 is 9.84 Å². The third-order valence-electron chi connectivity index (χ3n) is 2.89. The molecule has 0 aliphatic heterocycles. The number of aliphatic hydroxyl groups is 1. The summed E-state index contributed by atoms with van der Waals surface area (Å²) in [5.74, 6) is 0.851. The Labute approximate surface area is 107 Å². The number of nitrogens with zero attached hydrogens (tertiary/aromatic N) is 1. The lowest BCUT2D eigenvalue weighted by Gasteiger charge is -2.10. The fourth-order valence-electron chi connectivity index (χ4n) is 1.82. The van der Waals surface area contributed by atoms with Crippen molar-refractivity contribution in [1.29, 1.82) is 0 Å². The molecule has 1 N–H and O–H groups in total. The lowest BCUT2D eigenvalue weighted by atomic mass is 10.0. The van der Waals surface area contributed by atoms with Crippen LogP contribution in [0.4, 0.5) is 0 Å². The van der Waals surface area contributed by atoms with Crippen LogP contribution in [0.25, 0.3) is 0 Å². The van der Waals surface area contributed by atoms with Crippen molar-refractivity contribution in [3.05, 3.63) is 59.9 Å². The summed E-state index contributed by atoms with van der Waals surface area (Å²) in [7, 11) is 1.65. The molecule has 2 aromatic rings. The Balaban J connectivity index is 1.91. The quantitative estimate of drug-likeness (QED) is 0.878. The van der Waals surface area contributed by atoms with E-state index in [9.17, 15) is 5.11 Å². The normalized spacial score (nSPS) is 12.1. The summed E-state index contributed by atoms with van der Waals surface area (Å²) in [6.07, 6.45) is 2.69. The van der Waals surface area contributed by atoms with Gasteiger partial charge in [0, 0.05) is 6.20 Å². The van der Waals surface area contributed by atoms with Crippen molar-refractivity contribution in [3.8, 4) is 5.75 Å². The molecule has 0 radical (unpaired) electrons. The Kier molecular flexibility index (Phi) is 4.31. The first-order chi connectivity index (χ1) is 8.79. The predicted octanol–water partition coefficient (Wildman–Crippen LogP) is 2.76. The molecule has 1 atom stereocenters. The first-order valence-electron chi connectivity index (χ1n) is 6.01. The van der Waals surface area contributed by atoms with Crippen molar-refractivity contribution in [2.75, 3.05) is 7.11 Å². The molecule has 94 valence electrons. The minimum atomic E-state index is -0.506.